The maximum Gasteiger partial charge on any atom is 0.178 e. The summed E-state index contributed by atoms with van der Waals surface area (Å²) >= 11 is 0. The largest absolute Gasteiger partial charge is 0.337 e. The fourth-order valence-corrected chi connectivity index (χ4v) is 12.4. The van der Waals surface area contributed by atoms with Gasteiger partial charge in [0.05, 0.1) is 0 Å². The summed E-state index contributed by atoms with van der Waals surface area (Å²) in [6.07, 6.45) is 7.92. The number of rotatable bonds is 6. The Hall–Kier alpha value is -5.42. The smallest absolute Gasteiger partial charge is 0.178 e. The van der Waals surface area contributed by atoms with Gasteiger partial charge in [-0.05, 0) is 85.2 Å². The maximum atomic E-state index is 5.12. The number of anilines is 6. The molecular weight excluding hydrogens is 647 g/mol. The van der Waals surface area contributed by atoms with Crippen LogP contribution in [0.3, 0.4) is 0 Å². The van der Waals surface area contributed by atoms with Crippen molar-refractivity contribution >= 4 is 34.4 Å². The summed E-state index contributed by atoms with van der Waals surface area (Å²) < 4.78 is 0. The van der Waals surface area contributed by atoms with Crippen molar-refractivity contribution < 1.29 is 0 Å². The zero-order valence-corrected chi connectivity index (χ0v) is 31.2. The minimum Gasteiger partial charge on any atom is -0.337 e. The van der Waals surface area contributed by atoms with Crippen LogP contribution < -0.4 is 14.7 Å². The van der Waals surface area contributed by atoms with Gasteiger partial charge < -0.3 is 14.7 Å². The lowest BCUT2D eigenvalue weighted by Gasteiger charge is -2.65. The Morgan fingerprint density at radius 3 is 1.83 bits per heavy atom. The SMILES string of the molecule is CCC12CCC3(c4ccccc4N4c5nccnc5N(c5ccccc5)C43)C1(CC)c1ccccc1N(c1ccccc1C)C2C(C)c1ccccc1. The molecule has 0 amide bonds. The molecule has 4 heterocycles. The molecule has 0 N–H and O–H groups in total. The molecule has 5 nitrogen and oxygen atoms in total. The van der Waals surface area contributed by atoms with Crippen molar-refractivity contribution in [1.29, 1.82) is 0 Å². The second-order valence-corrected chi connectivity index (χ2v) is 15.7. The fourth-order valence-electron chi connectivity index (χ4n) is 12.4. The summed E-state index contributed by atoms with van der Waals surface area (Å²) in [5.74, 6) is 2.15. The Kier molecular flexibility index (Phi) is 7.18. The predicted molar refractivity (Wildman–Crippen MR) is 217 cm³/mol. The molecule has 0 bridgehead atoms. The summed E-state index contributed by atoms with van der Waals surface area (Å²) in [5, 5.41) is 0. The van der Waals surface area contributed by atoms with Crippen LogP contribution in [0.4, 0.5) is 34.4 Å². The molecule has 4 aliphatic rings. The maximum absolute atomic E-state index is 5.12. The molecule has 10 rings (SSSR count). The number of hydrogen-bond donors (Lipinski definition) is 0. The van der Waals surface area contributed by atoms with E-state index < -0.39 is 0 Å². The molecule has 6 unspecified atom stereocenters. The van der Waals surface area contributed by atoms with Gasteiger partial charge in [-0.2, -0.15) is 0 Å². The summed E-state index contributed by atoms with van der Waals surface area (Å²) in [6.45, 7) is 9.79. The Labute approximate surface area is 314 Å². The summed E-state index contributed by atoms with van der Waals surface area (Å²) in [7, 11) is 0. The van der Waals surface area contributed by atoms with Crippen molar-refractivity contribution in [2.75, 3.05) is 14.7 Å². The second-order valence-electron chi connectivity index (χ2n) is 15.7. The molecule has 1 fully saturated rings. The van der Waals surface area contributed by atoms with E-state index in [4.69, 9.17) is 9.97 Å². The highest BCUT2D eigenvalue weighted by atomic mass is 15.5. The lowest BCUT2D eigenvalue weighted by molar-refractivity contribution is 0.0356. The zero-order valence-electron chi connectivity index (χ0n) is 31.2. The Morgan fingerprint density at radius 1 is 0.604 bits per heavy atom. The molecule has 3 aliphatic heterocycles. The highest BCUT2D eigenvalue weighted by molar-refractivity contribution is 5.90. The Bertz CT molecular complexity index is 2310. The van der Waals surface area contributed by atoms with Crippen LogP contribution in [0.1, 0.15) is 74.6 Å². The number of fused-ring (bicyclic) bond motifs is 11. The second kappa shape index (κ2) is 11.8. The topological polar surface area (TPSA) is 35.5 Å². The molecule has 53 heavy (non-hydrogen) atoms. The molecule has 5 aromatic carbocycles. The number of hydrogen-bond acceptors (Lipinski definition) is 5. The zero-order chi connectivity index (χ0) is 36.0. The van der Waals surface area contributed by atoms with Crippen LogP contribution in [-0.4, -0.2) is 22.2 Å². The number of aryl methyl sites for hydroxylation is 1. The van der Waals surface area contributed by atoms with Gasteiger partial charge in [-0.1, -0.05) is 124 Å². The first-order valence-electron chi connectivity index (χ1n) is 19.6. The number of benzene rings is 5. The molecule has 264 valence electrons. The third kappa shape index (κ3) is 3.92. The normalized spacial score (nSPS) is 26.9. The van der Waals surface area contributed by atoms with Crippen molar-refractivity contribution in [2.24, 2.45) is 5.41 Å². The molecule has 0 saturated heterocycles. The van der Waals surface area contributed by atoms with E-state index in [0.29, 0.717) is 0 Å². The van der Waals surface area contributed by atoms with Crippen molar-refractivity contribution in [3.05, 3.63) is 168 Å². The highest BCUT2D eigenvalue weighted by Gasteiger charge is 2.79. The molecule has 1 saturated carbocycles. The van der Waals surface area contributed by atoms with Gasteiger partial charge in [0.2, 0.25) is 0 Å². The average Bonchev–Trinajstić information content (AvgIpc) is 3.83. The van der Waals surface area contributed by atoms with Gasteiger partial charge in [-0.15, -0.1) is 0 Å². The average molecular weight is 694 g/mol. The standard InChI is InChI=1S/C48H47N5/c1-5-46-29-30-47(37-24-14-17-27-40(37)53-44-43(49-31-32-50-44)51(45(47)53)36-22-11-8-12-23-36)48(46,6-2)38-25-15-18-28-41(38)52(39-26-16-13-19-33(39)3)42(46)34(4)35-20-9-7-10-21-35/h7-28,31-32,34,42,45H,5-6,29-30H2,1-4H3. The summed E-state index contributed by atoms with van der Waals surface area (Å²) in [6, 6.07) is 50.3. The van der Waals surface area contributed by atoms with Crippen LogP contribution in [0, 0.1) is 12.3 Å². The Balaban J connectivity index is 1.34. The van der Waals surface area contributed by atoms with Crippen LogP contribution >= 0.6 is 0 Å². The van der Waals surface area contributed by atoms with Gasteiger partial charge in [0.25, 0.3) is 0 Å². The van der Waals surface area contributed by atoms with Crippen LogP contribution in [0.25, 0.3) is 0 Å². The van der Waals surface area contributed by atoms with E-state index in [1.807, 2.05) is 12.4 Å². The molecule has 1 spiro atoms. The monoisotopic (exact) mass is 693 g/mol. The van der Waals surface area contributed by atoms with Crippen LogP contribution in [0.2, 0.25) is 0 Å². The molecule has 0 radical (unpaired) electrons. The van der Waals surface area contributed by atoms with E-state index in [1.54, 1.807) is 0 Å². The van der Waals surface area contributed by atoms with Crippen molar-refractivity contribution in [3.8, 4) is 0 Å². The van der Waals surface area contributed by atoms with Gasteiger partial charge in [0.15, 0.2) is 11.6 Å². The van der Waals surface area contributed by atoms with Gasteiger partial charge >= 0.3 is 0 Å². The highest BCUT2D eigenvalue weighted by Crippen LogP contribution is 2.79. The molecule has 1 aromatic heterocycles. The summed E-state index contributed by atoms with van der Waals surface area (Å²) in [5.41, 5.74) is 10.1. The van der Waals surface area contributed by atoms with Gasteiger partial charge in [-0.3, -0.25) is 0 Å². The first kappa shape index (κ1) is 32.2. The van der Waals surface area contributed by atoms with E-state index in [1.165, 1.54) is 39.3 Å². The fraction of sp³-hybridized carbons (Fsp3) is 0.292. The number of nitrogens with zero attached hydrogens (tertiary/aromatic N) is 5. The van der Waals surface area contributed by atoms with Crippen LogP contribution in [-0.2, 0) is 10.8 Å². The molecule has 6 atom stereocenters. The van der Waals surface area contributed by atoms with E-state index in [9.17, 15) is 0 Å². The molecule has 1 aliphatic carbocycles. The van der Waals surface area contributed by atoms with Crippen molar-refractivity contribution in [2.45, 2.75) is 82.3 Å². The third-order valence-electron chi connectivity index (χ3n) is 14.1. The third-order valence-corrected chi connectivity index (χ3v) is 14.1. The van der Waals surface area contributed by atoms with E-state index in [0.717, 1.165) is 43.0 Å². The van der Waals surface area contributed by atoms with Gasteiger partial charge in [0.1, 0.15) is 6.17 Å². The lowest BCUT2D eigenvalue weighted by Crippen LogP contribution is -2.68. The minimum atomic E-state index is -0.296. The van der Waals surface area contributed by atoms with Crippen LogP contribution in [0.5, 0.6) is 0 Å². The van der Waals surface area contributed by atoms with Crippen LogP contribution in [0.15, 0.2) is 146 Å². The first-order valence-corrected chi connectivity index (χ1v) is 19.6. The lowest BCUT2D eigenvalue weighted by atomic mass is 9.44. The first-order chi connectivity index (χ1) is 26.0. The molecule has 5 heteroatoms. The predicted octanol–water partition coefficient (Wildman–Crippen LogP) is 11.5. The quantitative estimate of drug-likeness (QED) is 0.174. The van der Waals surface area contributed by atoms with Crippen molar-refractivity contribution in [1.82, 2.24) is 9.97 Å². The molecular formula is C48H47N5. The number of aromatic nitrogens is 2. The number of para-hydroxylation sites is 4. The summed E-state index contributed by atoms with van der Waals surface area (Å²) in [4.78, 5) is 18.2. The van der Waals surface area contributed by atoms with Gasteiger partial charge in [-0.25, -0.2) is 9.97 Å². The van der Waals surface area contributed by atoms with E-state index in [2.05, 4.69) is 176 Å². The van der Waals surface area contributed by atoms with Crippen molar-refractivity contribution in [3.63, 3.8) is 0 Å². The van der Waals surface area contributed by atoms with E-state index in [-0.39, 0.29) is 34.4 Å². The molecule has 6 aromatic rings. The minimum absolute atomic E-state index is 0.0428. The van der Waals surface area contributed by atoms with Gasteiger partial charge in [0, 0.05) is 63.3 Å². The van der Waals surface area contributed by atoms with E-state index >= 15 is 0 Å². The Morgan fingerprint density at radius 2 is 1.17 bits per heavy atom.